The number of carbonyl (C=O) groups excluding carboxylic acids is 1. The third-order valence-electron chi connectivity index (χ3n) is 1.90. The molecule has 0 unspecified atom stereocenters. The Bertz CT molecular complexity index is 351. The summed E-state index contributed by atoms with van der Waals surface area (Å²) in [6, 6.07) is 7.64. The molecule has 0 aromatic heterocycles. The van der Waals surface area contributed by atoms with E-state index in [9.17, 15) is 4.79 Å². The summed E-state index contributed by atoms with van der Waals surface area (Å²) in [4.78, 5) is 11.3. The Labute approximate surface area is 96.0 Å². The molecule has 0 saturated heterocycles. The van der Waals surface area contributed by atoms with Gasteiger partial charge in [-0.1, -0.05) is 12.1 Å². The van der Waals surface area contributed by atoms with Crippen LogP contribution in [-0.4, -0.2) is 19.2 Å². The van der Waals surface area contributed by atoms with Crippen molar-refractivity contribution in [3.63, 3.8) is 0 Å². The molecule has 0 spiro atoms. The van der Waals surface area contributed by atoms with Gasteiger partial charge in [0.05, 0.1) is 6.10 Å². The Kier molecular flexibility index (Phi) is 4.79. The van der Waals surface area contributed by atoms with Gasteiger partial charge in [-0.25, -0.2) is 4.79 Å². The van der Waals surface area contributed by atoms with E-state index in [0.29, 0.717) is 0 Å². The lowest BCUT2D eigenvalue weighted by molar-refractivity contribution is 0.130. The molecule has 0 aliphatic heterocycles. The van der Waals surface area contributed by atoms with Gasteiger partial charge in [0.25, 0.3) is 0 Å². The third kappa shape index (κ3) is 4.31. The minimum absolute atomic E-state index is 0.111. The third-order valence-corrected chi connectivity index (χ3v) is 1.90. The number of hydrogen-bond donors (Lipinski definition) is 2. The predicted molar refractivity (Wildman–Crippen MR) is 64.4 cm³/mol. The van der Waals surface area contributed by atoms with Gasteiger partial charge in [-0.3, -0.25) is 5.32 Å². The van der Waals surface area contributed by atoms with Crippen LogP contribution in [0.1, 0.15) is 19.4 Å². The fraction of sp³-hybridized carbons (Fsp3) is 0.417. The summed E-state index contributed by atoms with van der Waals surface area (Å²) < 4.78 is 4.99. The Balaban J connectivity index is 2.59. The van der Waals surface area contributed by atoms with Gasteiger partial charge >= 0.3 is 6.09 Å². The van der Waals surface area contributed by atoms with Crippen LogP contribution in [0, 0.1) is 0 Å². The minimum Gasteiger partial charge on any atom is -0.447 e. The van der Waals surface area contributed by atoms with Crippen LogP contribution < -0.4 is 10.6 Å². The number of ether oxygens (including phenoxy) is 1. The van der Waals surface area contributed by atoms with E-state index in [-0.39, 0.29) is 6.10 Å². The maximum atomic E-state index is 11.3. The van der Waals surface area contributed by atoms with Crippen LogP contribution in [0.3, 0.4) is 0 Å². The van der Waals surface area contributed by atoms with Crippen molar-refractivity contribution in [1.29, 1.82) is 0 Å². The molecular weight excluding hydrogens is 204 g/mol. The SMILES string of the molecule is CNCc1cccc(NC(=O)OC(C)C)c1. The molecule has 1 aromatic carbocycles. The van der Waals surface area contributed by atoms with Crippen LogP contribution in [0.2, 0.25) is 0 Å². The highest BCUT2D eigenvalue weighted by Gasteiger charge is 2.05. The zero-order chi connectivity index (χ0) is 12.0. The molecule has 0 aliphatic rings. The molecule has 0 fully saturated rings. The molecule has 1 aromatic rings. The lowest BCUT2D eigenvalue weighted by Crippen LogP contribution is -2.18. The molecule has 0 atom stereocenters. The molecule has 0 bridgehead atoms. The summed E-state index contributed by atoms with van der Waals surface area (Å²) in [5, 5.41) is 5.74. The largest absolute Gasteiger partial charge is 0.447 e. The number of nitrogens with one attached hydrogen (secondary N) is 2. The van der Waals surface area contributed by atoms with Crippen molar-refractivity contribution in [3.05, 3.63) is 29.8 Å². The first kappa shape index (κ1) is 12.5. The summed E-state index contributed by atoms with van der Waals surface area (Å²) in [6.07, 6.45) is -0.530. The van der Waals surface area contributed by atoms with Gasteiger partial charge in [0.2, 0.25) is 0 Å². The lowest BCUT2D eigenvalue weighted by atomic mass is 10.2. The second-order valence-electron chi connectivity index (χ2n) is 3.81. The van der Waals surface area contributed by atoms with Gasteiger partial charge in [0.15, 0.2) is 0 Å². The number of carbonyl (C=O) groups is 1. The first-order valence-electron chi connectivity index (χ1n) is 5.33. The Morgan fingerprint density at radius 3 is 2.81 bits per heavy atom. The van der Waals surface area contributed by atoms with Gasteiger partial charge in [-0.2, -0.15) is 0 Å². The van der Waals surface area contributed by atoms with Crippen LogP contribution >= 0.6 is 0 Å². The number of benzene rings is 1. The van der Waals surface area contributed by atoms with E-state index in [1.807, 2.05) is 45.2 Å². The molecule has 0 aliphatic carbocycles. The average Bonchev–Trinajstić information content (AvgIpc) is 2.17. The van der Waals surface area contributed by atoms with Gasteiger partial charge in [-0.15, -0.1) is 0 Å². The van der Waals surface area contributed by atoms with Crippen molar-refractivity contribution < 1.29 is 9.53 Å². The van der Waals surface area contributed by atoms with Crippen molar-refractivity contribution in [2.45, 2.75) is 26.5 Å². The summed E-state index contributed by atoms with van der Waals surface area (Å²) >= 11 is 0. The van der Waals surface area contributed by atoms with Crippen LogP contribution in [0.25, 0.3) is 0 Å². The smallest absolute Gasteiger partial charge is 0.411 e. The van der Waals surface area contributed by atoms with Crippen molar-refractivity contribution >= 4 is 11.8 Å². The van der Waals surface area contributed by atoms with Crippen molar-refractivity contribution in [2.24, 2.45) is 0 Å². The summed E-state index contributed by atoms with van der Waals surface area (Å²) in [6.45, 7) is 4.41. The average molecular weight is 222 g/mol. The van der Waals surface area contributed by atoms with Gasteiger partial charge in [0, 0.05) is 12.2 Å². The maximum absolute atomic E-state index is 11.3. The highest BCUT2D eigenvalue weighted by molar-refractivity contribution is 5.84. The summed E-state index contributed by atoms with van der Waals surface area (Å²) in [7, 11) is 1.88. The van der Waals surface area contributed by atoms with Gasteiger partial charge in [-0.05, 0) is 38.6 Å². The van der Waals surface area contributed by atoms with E-state index >= 15 is 0 Å². The molecule has 4 nitrogen and oxygen atoms in total. The topological polar surface area (TPSA) is 50.4 Å². The van der Waals surface area contributed by atoms with E-state index in [4.69, 9.17) is 4.74 Å². The highest BCUT2D eigenvalue weighted by Crippen LogP contribution is 2.11. The van der Waals surface area contributed by atoms with Crippen LogP contribution in [0.5, 0.6) is 0 Å². The Morgan fingerprint density at radius 1 is 1.44 bits per heavy atom. The lowest BCUT2D eigenvalue weighted by Gasteiger charge is -2.10. The molecule has 1 rings (SSSR count). The van der Waals surface area contributed by atoms with E-state index in [2.05, 4.69) is 10.6 Å². The number of anilines is 1. The van der Waals surface area contributed by atoms with Crippen molar-refractivity contribution in [1.82, 2.24) is 5.32 Å². The molecule has 0 heterocycles. The number of rotatable bonds is 4. The fourth-order valence-corrected chi connectivity index (χ4v) is 1.32. The summed E-state index contributed by atoms with van der Waals surface area (Å²) in [5.74, 6) is 0. The number of hydrogen-bond acceptors (Lipinski definition) is 3. The minimum atomic E-state index is -0.420. The first-order valence-corrected chi connectivity index (χ1v) is 5.33. The maximum Gasteiger partial charge on any atom is 0.411 e. The van der Waals surface area contributed by atoms with E-state index in [1.54, 1.807) is 0 Å². The van der Waals surface area contributed by atoms with Gasteiger partial charge < -0.3 is 10.1 Å². The van der Waals surface area contributed by atoms with Crippen molar-refractivity contribution in [2.75, 3.05) is 12.4 Å². The Hall–Kier alpha value is -1.55. The second-order valence-corrected chi connectivity index (χ2v) is 3.81. The van der Waals surface area contributed by atoms with Crippen LogP contribution in [0.4, 0.5) is 10.5 Å². The normalized spacial score (nSPS) is 10.2. The molecule has 2 N–H and O–H groups in total. The quantitative estimate of drug-likeness (QED) is 0.822. The van der Waals surface area contributed by atoms with E-state index in [0.717, 1.165) is 17.8 Å². The van der Waals surface area contributed by atoms with E-state index in [1.165, 1.54) is 0 Å². The first-order chi connectivity index (χ1) is 7.61. The molecule has 0 radical (unpaired) electrons. The highest BCUT2D eigenvalue weighted by atomic mass is 16.6. The van der Waals surface area contributed by atoms with Crippen molar-refractivity contribution in [3.8, 4) is 0 Å². The van der Waals surface area contributed by atoms with Gasteiger partial charge in [0.1, 0.15) is 0 Å². The standard InChI is InChI=1S/C12H18N2O2/c1-9(2)16-12(15)14-11-6-4-5-10(7-11)8-13-3/h4-7,9,13H,8H2,1-3H3,(H,14,15). The molecule has 0 saturated carbocycles. The predicted octanol–water partition coefficient (Wildman–Crippen LogP) is 2.36. The zero-order valence-corrected chi connectivity index (χ0v) is 9.91. The second kappa shape index (κ2) is 6.12. The molecule has 16 heavy (non-hydrogen) atoms. The number of amides is 1. The van der Waals surface area contributed by atoms with E-state index < -0.39 is 6.09 Å². The monoisotopic (exact) mass is 222 g/mol. The zero-order valence-electron chi connectivity index (χ0n) is 9.91. The molecule has 1 amide bonds. The summed E-state index contributed by atoms with van der Waals surface area (Å²) in [5.41, 5.74) is 1.86. The molecule has 4 heteroatoms. The molecular formula is C12H18N2O2. The van der Waals surface area contributed by atoms with Crippen LogP contribution in [0.15, 0.2) is 24.3 Å². The van der Waals surface area contributed by atoms with Crippen LogP contribution in [-0.2, 0) is 11.3 Å². The Morgan fingerprint density at radius 2 is 2.19 bits per heavy atom. The fourth-order valence-electron chi connectivity index (χ4n) is 1.32. The molecule has 88 valence electrons.